The first kappa shape index (κ1) is 14.9. The Bertz CT molecular complexity index is 564. The maximum absolute atomic E-state index is 13.1. The average Bonchev–Trinajstić information content (AvgIpc) is 2.46. The van der Waals surface area contributed by atoms with Crippen molar-refractivity contribution in [1.29, 1.82) is 0 Å². The molecule has 0 radical (unpaired) electrons. The van der Waals surface area contributed by atoms with E-state index in [1.807, 2.05) is 0 Å². The third-order valence-electron chi connectivity index (χ3n) is 3.21. The highest BCUT2D eigenvalue weighted by atomic mass is 35.5. The molecule has 20 heavy (non-hydrogen) atoms. The first-order valence-electron chi connectivity index (χ1n) is 6.66. The van der Waals surface area contributed by atoms with Gasteiger partial charge in [-0.1, -0.05) is 38.1 Å². The highest BCUT2D eigenvalue weighted by Crippen LogP contribution is 2.23. The molecule has 0 aliphatic rings. The van der Waals surface area contributed by atoms with Crippen molar-refractivity contribution in [3.8, 4) is 5.75 Å². The lowest BCUT2D eigenvalue weighted by atomic mass is 10.0. The van der Waals surface area contributed by atoms with Gasteiger partial charge in [0.15, 0.2) is 0 Å². The second-order valence-corrected chi connectivity index (χ2v) is 5.34. The van der Waals surface area contributed by atoms with E-state index in [1.165, 1.54) is 17.7 Å². The smallest absolute Gasteiger partial charge is 0.124 e. The maximum Gasteiger partial charge on any atom is 0.124 e. The molecule has 3 heteroatoms. The van der Waals surface area contributed by atoms with E-state index in [9.17, 15) is 4.39 Å². The molecule has 0 aliphatic carbocycles. The predicted molar refractivity (Wildman–Crippen MR) is 80.8 cm³/mol. The fourth-order valence-electron chi connectivity index (χ4n) is 1.95. The minimum atomic E-state index is -0.297. The van der Waals surface area contributed by atoms with Crippen molar-refractivity contribution in [1.82, 2.24) is 0 Å². The number of ether oxygens (including phenoxy) is 1. The topological polar surface area (TPSA) is 9.23 Å². The molecule has 0 fully saturated rings. The van der Waals surface area contributed by atoms with E-state index in [4.69, 9.17) is 16.3 Å². The Morgan fingerprint density at radius 3 is 2.40 bits per heavy atom. The lowest BCUT2D eigenvalue weighted by Gasteiger charge is -2.11. The molecule has 106 valence electrons. The van der Waals surface area contributed by atoms with Crippen molar-refractivity contribution >= 4 is 11.6 Å². The molecule has 0 bridgehead atoms. The van der Waals surface area contributed by atoms with Crippen LogP contribution in [-0.4, -0.2) is 0 Å². The van der Waals surface area contributed by atoms with Gasteiger partial charge in [-0.3, -0.25) is 0 Å². The van der Waals surface area contributed by atoms with Crippen LogP contribution in [0.4, 0.5) is 4.39 Å². The summed E-state index contributed by atoms with van der Waals surface area (Å²) >= 11 is 5.79. The highest BCUT2D eigenvalue weighted by molar-refractivity contribution is 6.17. The maximum atomic E-state index is 13.1. The molecule has 0 saturated carbocycles. The zero-order valence-electron chi connectivity index (χ0n) is 11.7. The summed E-state index contributed by atoms with van der Waals surface area (Å²) < 4.78 is 18.8. The van der Waals surface area contributed by atoms with Gasteiger partial charge in [0, 0.05) is 5.56 Å². The molecule has 2 rings (SSSR count). The van der Waals surface area contributed by atoms with Crippen LogP contribution in [0.1, 0.15) is 36.5 Å². The lowest BCUT2D eigenvalue weighted by molar-refractivity contribution is 0.303. The summed E-state index contributed by atoms with van der Waals surface area (Å²) in [6.07, 6.45) is 0. The number of hydrogen-bond acceptors (Lipinski definition) is 1. The number of rotatable bonds is 5. The van der Waals surface area contributed by atoms with Crippen LogP contribution < -0.4 is 4.74 Å². The molecule has 0 amide bonds. The summed E-state index contributed by atoms with van der Waals surface area (Å²) in [5.41, 5.74) is 3.06. The highest BCUT2D eigenvalue weighted by Gasteiger charge is 2.05. The van der Waals surface area contributed by atoms with E-state index in [-0.39, 0.29) is 11.7 Å². The number of alkyl halides is 1. The Morgan fingerprint density at radius 2 is 1.80 bits per heavy atom. The molecule has 0 N–H and O–H groups in total. The van der Waals surface area contributed by atoms with Crippen LogP contribution in [0.25, 0.3) is 0 Å². The molecular weight excluding hydrogens is 275 g/mol. The molecule has 2 aromatic rings. The third-order valence-corrected chi connectivity index (χ3v) is 3.50. The van der Waals surface area contributed by atoms with Gasteiger partial charge in [-0.15, -0.1) is 11.6 Å². The Balaban J connectivity index is 2.05. The SMILES string of the molecule is CC(C)c1ccc(COc2ccc(F)cc2CCl)cc1. The van der Waals surface area contributed by atoms with E-state index in [0.717, 1.165) is 5.56 Å². The molecule has 0 unspecified atom stereocenters. The summed E-state index contributed by atoms with van der Waals surface area (Å²) in [5.74, 6) is 1.09. The predicted octanol–water partition coefficient (Wildman–Crippen LogP) is 5.27. The summed E-state index contributed by atoms with van der Waals surface area (Å²) in [6, 6.07) is 12.7. The molecule has 0 atom stereocenters. The Hall–Kier alpha value is -1.54. The first-order chi connectivity index (χ1) is 9.60. The Morgan fingerprint density at radius 1 is 1.10 bits per heavy atom. The minimum Gasteiger partial charge on any atom is -0.489 e. The van der Waals surface area contributed by atoms with E-state index in [0.29, 0.717) is 23.8 Å². The van der Waals surface area contributed by atoms with E-state index < -0.39 is 0 Å². The Kier molecular flexibility index (Phi) is 5.02. The van der Waals surface area contributed by atoms with Crippen LogP contribution in [0.2, 0.25) is 0 Å². The third kappa shape index (κ3) is 3.73. The van der Waals surface area contributed by atoms with Gasteiger partial charge in [0.1, 0.15) is 18.2 Å². The zero-order valence-corrected chi connectivity index (χ0v) is 12.5. The fourth-order valence-corrected chi connectivity index (χ4v) is 2.16. The average molecular weight is 293 g/mol. The lowest BCUT2D eigenvalue weighted by Crippen LogP contribution is -1.99. The van der Waals surface area contributed by atoms with Gasteiger partial charge in [0.25, 0.3) is 0 Å². The molecular formula is C17H18ClFO. The van der Waals surface area contributed by atoms with Crippen LogP contribution in [-0.2, 0) is 12.5 Å². The van der Waals surface area contributed by atoms with Gasteiger partial charge in [-0.2, -0.15) is 0 Å². The summed E-state index contributed by atoms with van der Waals surface area (Å²) in [4.78, 5) is 0. The molecule has 2 aromatic carbocycles. The van der Waals surface area contributed by atoms with Crippen molar-refractivity contribution in [2.45, 2.75) is 32.3 Å². The van der Waals surface area contributed by atoms with Crippen molar-refractivity contribution in [3.05, 3.63) is 65.0 Å². The number of halogens is 2. The fraction of sp³-hybridized carbons (Fsp3) is 0.294. The number of benzene rings is 2. The van der Waals surface area contributed by atoms with E-state index in [2.05, 4.69) is 38.1 Å². The van der Waals surface area contributed by atoms with Gasteiger partial charge in [0.2, 0.25) is 0 Å². The molecule has 0 saturated heterocycles. The monoisotopic (exact) mass is 292 g/mol. The van der Waals surface area contributed by atoms with Crippen molar-refractivity contribution in [3.63, 3.8) is 0 Å². The van der Waals surface area contributed by atoms with Crippen LogP contribution >= 0.6 is 11.6 Å². The largest absolute Gasteiger partial charge is 0.489 e. The van der Waals surface area contributed by atoms with Crippen LogP contribution in [0, 0.1) is 5.82 Å². The minimum absolute atomic E-state index is 0.235. The summed E-state index contributed by atoms with van der Waals surface area (Å²) in [7, 11) is 0. The molecule has 0 heterocycles. The van der Waals surface area contributed by atoms with Gasteiger partial charge in [-0.25, -0.2) is 4.39 Å². The normalized spacial score (nSPS) is 10.8. The Labute approximate surface area is 124 Å². The van der Waals surface area contributed by atoms with E-state index in [1.54, 1.807) is 6.07 Å². The van der Waals surface area contributed by atoms with Gasteiger partial charge >= 0.3 is 0 Å². The van der Waals surface area contributed by atoms with Crippen LogP contribution in [0.3, 0.4) is 0 Å². The summed E-state index contributed by atoms with van der Waals surface area (Å²) in [6.45, 7) is 4.78. The van der Waals surface area contributed by atoms with Crippen LogP contribution in [0.5, 0.6) is 5.75 Å². The standard InChI is InChI=1S/C17H18ClFO/c1-12(2)14-5-3-13(4-6-14)11-20-17-8-7-16(19)9-15(17)10-18/h3-9,12H,10-11H2,1-2H3. The van der Waals surface area contributed by atoms with E-state index >= 15 is 0 Å². The molecule has 1 nitrogen and oxygen atoms in total. The second-order valence-electron chi connectivity index (χ2n) is 5.07. The molecule has 0 aliphatic heterocycles. The van der Waals surface area contributed by atoms with Gasteiger partial charge in [-0.05, 0) is 35.2 Å². The first-order valence-corrected chi connectivity index (χ1v) is 7.19. The zero-order chi connectivity index (χ0) is 14.5. The quantitative estimate of drug-likeness (QED) is 0.682. The van der Waals surface area contributed by atoms with Gasteiger partial charge in [0.05, 0.1) is 5.88 Å². The van der Waals surface area contributed by atoms with Crippen LogP contribution in [0.15, 0.2) is 42.5 Å². The van der Waals surface area contributed by atoms with Crippen molar-refractivity contribution in [2.75, 3.05) is 0 Å². The van der Waals surface area contributed by atoms with Crippen molar-refractivity contribution in [2.24, 2.45) is 0 Å². The van der Waals surface area contributed by atoms with Gasteiger partial charge < -0.3 is 4.74 Å². The van der Waals surface area contributed by atoms with Crippen molar-refractivity contribution < 1.29 is 9.13 Å². The molecule has 0 aromatic heterocycles. The summed E-state index contributed by atoms with van der Waals surface area (Å²) in [5, 5.41) is 0. The second kappa shape index (κ2) is 6.76. The number of hydrogen-bond donors (Lipinski definition) is 0. The molecule has 0 spiro atoms.